The van der Waals surface area contributed by atoms with E-state index < -0.39 is 0 Å². The van der Waals surface area contributed by atoms with Gasteiger partial charge in [0.1, 0.15) is 0 Å². The zero-order valence-corrected chi connectivity index (χ0v) is 14.6. The summed E-state index contributed by atoms with van der Waals surface area (Å²) in [5.74, 6) is 1.83. The van der Waals surface area contributed by atoms with Crippen LogP contribution in [0.4, 0.5) is 0 Å². The topological polar surface area (TPSA) is 0 Å². The molecule has 0 heterocycles. The summed E-state index contributed by atoms with van der Waals surface area (Å²) in [4.78, 5) is 0. The third-order valence-electron chi connectivity index (χ3n) is 4.10. The lowest BCUT2D eigenvalue weighted by Gasteiger charge is -2.21. The first-order chi connectivity index (χ1) is 8.29. The van der Waals surface area contributed by atoms with Crippen molar-refractivity contribution in [1.29, 1.82) is 0 Å². The van der Waals surface area contributed by atoms with E-state index in [0.29, 0.717) is 5.41 Å². The molecule has 0 radical (unpaired) electrons. The van der Waals surface area contributed by atoms with Crippen LogP contribution in [0.15, 0.2) is 0 Å². The van der Waals surface area contributed by atoms with Gasteiger partial charge in [0, 0.05) is 0 Å². The van der Waals surface area contributed by atoms with Gasteiger partial charge in [-0.2, -0.15) is 0 Å². The summed E-state index contributed by atoms with van der Waals surface area (Å²) in [5.41, 5.74) is 0.593. The molecule has 0 spiro atoms. The van der Waals surface area contributed by atoms with Gasteiger partial charge in [-0.25, -0.2) is 0 Å². The molecule has 0 aliphatic carbocycles. The summed E-state index contributed by atoms with van der Waals surface area (Å²) < 4.78 is 0. The molecule has 0 rings (SSSR count). The molecule has 0 aromatic heterocycles. The van der Waals surface area contributed by atoms with Crippen molar-refractivity contribution in [2.45, 2.75) is 100 Å². The van der Waals surface area contributed by atoms with Gasteiger partial charge in [0.15, 0.2) is 0 Å². The van der Waals surface area contributed by atoms with Crippen LogP contribution >= 0.6 is 0 Å². The molecule has 0 aliphatic rings. The molecule has 0 N–H and O–H groups in total. The van der Waals surface area contributed by atoms with Crippen molar-refractivity contribution in [3.8, 4) is 0 Å². The summed E-state index contributed by atoms with van der Waals surface area (Å²) in [6.45, 7) is 18.4. The highest BCUT2D eigenvalue weighted by Gasteiger charge is 2.12. The lowest BCUT2D eigenvalue weighted by atomic mass is 9.85. The monoisotopic (exact) mass is 256 g/mol. The number of rotatable bonds is 8. The first-order valence-electron chi connectivity index (χ1n) is 8.29. The molecule has 0 heteroatoms. The first kappa shape index (κ1) is 20.3. The van der Waals surface area contributed by atoms with E-state index >= 15 is 0 Å². The Morgan fingerprint density at radius 3 is 1.78 bits per heavy atom. The minimum Gasteiger partial charge on any atom is -0.0654 e. The van der Waals surface area contributed by atoms with Crippen LogP contribution in [0.5, 0.6) is 0 Å². The van der Waals surface area contributed by atoms with Gasteiger partial charge >= 0.3 is 0 Å². The highest BCUT2D eigenvalue weighted by molar-refractivity contribution is 4.64. The zero-order chi connectivity index (χ0) is 14.6. The van der Waals surface area contributed by atoms with Crippen LogP contribution in [0.1, 0.15) is 100 Å². The molecular formula is C18H40. The fourth-order valence-corrected chi connectivity index (χ4v) is 1.65. The first-order valence-corrected chi connectivity index (χ1v) is 8.29. The Morgan fingerprint density at radius 2 is 1.44 bits per heavy atom. The van der Waals surface area contributed by atoms with Gasteiger partial charge in [-0.15, -0.1) is 0 Å². The summed E-state index contributed by atoms with van der Waals surface area (Å²) in [5, 5.41) is 0. The second-order valence-corrected chi connectivity index (χ2v) is 7.11. The van der Waals surface area contributed by atoms with Crippen LogP contribution in [-0.2, 0) is 0 Å². The van der Waals surface area contributed by atoms with E-state index in [2.05, 4.69) is 55.4 Å². The fraction of sp³-hybridized carbons (Fsp3) is 1.00. The van der Waals surface area contributed by atoms with Crippen LogP contribution in [0.3, 0.4) is 0 Å². The maximum absolute atomic E-state index is 2.35. The van der Waals surface area contributed by atoms with Gasteiger partial charge in [-0.3, -0.25) is 0 Å². The standard InChI is InChI=1S/2C9H20/c1-5-9(4)7-6-8(2)3;1-5-7-8-9(3,4)6-2/h8-9H,5-7H2,1-4H3;5-8H2,1-4H3. The molecular weight excluding hydrogens is 216 g/mol. The normalized spacial score (nSPS) is 13.2. The van der Waals surface area contributed by atoms with Crippen molar-refractivity contribution in [3.05, 3.63) is 0 Å². The zero-order valence-electron chi connectivity index (χ0n) is 14.6. The molecule has 0 aromatic carbocycles. The van der Waals surface area contributed by atoms with Crippen LogP contribution in [0, 0.1) is 17.3 Å². The van der Waals surface area contributed by atoms with Crippen LogP contribution in [-0.4, -0.2) is 0 Å². The molecule has 0 amide bonds. The smallest absolute Gasteiger partial charge is 0.0357 e. The van der Waals surface area contributed by atoms with Gasteiger partial charge in [-0.1, -0.05) is 93.9 Å². The highest BCUT2D eigenvalue weighted by Crippen LogP contribution is 2.26. The number of hydrogen-bond acceptors (Lipinski definition) is 0. The molecule has 0 saturated carbocycles. The van der Waals surface area contributed by atoms with E-state index in [4.69, 9.17) is 0 Å². The Balaban J connectivity index is 0. The molecule has 1 atom stereocenters. The van der Waals surface area contributed by atoms with Crippen molar-refractivity contribution in [3.63, 3.8) is 0 Å². The Morgan fingerprint density at radius 1 is 0.889 bits per heavy atom. The van der Waals surface area contributed by atoms with Gasteiger partial charge in [0.05, 0.1) is 0 Å². The van der Waals surface area contributed by atoms with E-state index in [1.165, 1.54) is 44.9 Å². The predicted molar refractivity (Wildman–Crippen MR) is 87.1 cm³/mol. The summed E-state index contributed by atoms with van der Waals surface area (Å²) >= 11 is 0. The highest BCUT2D eigenvalue weighted by atomic mass is 14.2. The minimum atomic E-state index is 0.593. The molecule has 18 heavy (non-hydrogen) atoms. The molecule has 0 aliphatic heterocycles. The van der Waals surface area contributed by atoms with E-state index in [0.717, 1.165) is 11.8 Å². The molecule has 0 nitrogen and oxygen atoms in total. The molecule has 0 bridgehead atoms. The summed E-state index contributed by atoms with van der Waals surface area (Å²) in [6.07, 6.45) is 9.58. The quantitative estimate of drug-likeness (QED) is 0.435. The average molecular weight is 257 g/mol. The van der Waals surface area contributed by atoms with E-state index in [1.807, 2.05) is 0 Å². The summed E-state index contributed by atoms with van der Waals surface area (Å²) in [7, 11) is 0. The van der Waals surface area contributed by atoms with E-state index in [1.54, 1.807) is 0 Å². The number of unbranched alkanes of at least 4 members (excludes halogenated alkanes) is 1. The van der Waals surface area contributed by atoms with Crippen LogP contribution < -0.4 is 0 Å². The molecule has 112 valence electrons. The van der Waals surface area contributed by atoms with Crippen molar-refractivity contribution < 1.29 is 0 Å². The molecule has 0 saturated heterocycles. The Hall–Kier alpha value is 0. The van der Waals surface area contributed by atoms with Crippen molar-refractivity contribution in [1.82, 2.24) is 0 Å². The molecule has 1 unspecified atom stereocenters. The minimum absolute atomic E-state index is 0.593. The van der Waals surface area contributed by atoms with Gasteiger partial charge in [-0.05, 0) is 23.7 Å². The second kappa shape index (κ2) is 12.1. The third kappa shape index (κ3) is 16.0. The Labute approximate surface area is 118 Å². The predicted octanol–water partition coefficient (Wildman–Crippen LogP) is 7.08. The van der Waals surface area contributed by atoms with Crippen LogP contribution in [0.25, 0.3) is 0 Å². The van der Waals surface area contributed by atoms with Gasteiger partial charge in [0.2, 0.25) is 0 Å². The molecule has 0 aromatic rings. The van der Waals surface area contributed by atoms with Crippen molar-refractivity contribution in [2.75, 3.05) is 0 Å². The Kier molecular flexibility index (Phi) is 13.6. The third-order valence-corrected chi connectivity index (χ3v) is 4.10. The van der Waals surface area contributed by atoms with Gasteiger partial charge in [0.25, 0.3) is 0 Å². The van der Waals surface area contributed by atoms with Crippen LogP contribution in [0.2, 0.25) is 0 Å². The summed E-state index contributed by atoms with van der Waals surface area (Å²) in [6, 6.07) is 0. The second-order valence-electron chi connectivity index (χ2n) is 7.11. The van der Waals surface area contributed by atoms with E-state index in [9.17, 15) is 0 Å². The molecule has 0 fully saturated rings. The maximum Gasteiger partial charge on any atom is -0.0357 e. The van der Waals surface area contributed by atoms with Gasteiger partial charge < -0.3 is 0 Å². The maximum atomic E-state index is 2.35. The number of hydrogen-bond donors (Lipinski definition) is 0. The SMILES string of the molecule is CCC(C)CCC(C)C.CCCCC(C)(C)CC. The lowest BCUT2D eigenvalue weighted by Crippen LogP contribution is -2.08. The van der Waals surface area contributed by atoms with Crippen molar-refractivity contribution >= 4 is 0 Å². The van der Waals surface area contributed by atoms with E-state index in [-0.39, 0.29) is 0 Å². The average Bonchev–Trinajstić information content (AvgIpc) is 2.34. The Bertz CT molecular complexity index is 155. The lowest BCUT2D eigenvalue weighted by molar-refractivity contribution is 0.311. The fourth-order valence-electron chi connectivity index (χ4n) is 1.65. The van der Waals surface area contributed by atoms with Crippen molar-refractivity contribution in [2.24, 2.45) is 17.3 Å². The largest absolute Gasteiger partial charge is 0.0654 e.